The Kier molecular flexibility index (Phi) is 2.88. The number of nitriles is 1. The molecule has 0 fully saturated rings. The molecule has 0 unspecified atom stereocenters. The van der Waals surface area contributed by atoms with Crippen molar-refractivity contribution in [3.8, 4) is 6.07 Å². The second-order valence-corrected chi connectivity index (χ2v) is 2.90. The van der Waals surface area contributed by atoms with Crippen molar-refractivity contribution in [2.24, 2.45) is 0 Å². The van der Waals surface area contributed by atoms with E-state index in [-0.39, 0.29) is 0 Å². The van der Waals surface area contributed by atoms with Gasteiger partial charge in [0.2, 0.25) is 0 Å². The van der Waals surface area contributed by atoms with Crippen LogP contribution in [0, 0.1) is 17.1 Å². The van der Waals surface area contributed by atoms with E-state index in [4.69, 9.17) is 5.26 Å². The molecule has 0 aliphatic heterocycles. The van der Waals surface area contributed by atoms with Gasteiger partial charge >= 0.3 is 0 Å². The first-order valence-electron chi connectivity index (χ1n) is 3.10. The van der Waals surface area contributed by atoms with E-state index >= 15 is 0 Å². The van der Waals surface area contributed by atoms with Crippen molar-refractivity contribution in [3.63, 3.8) is 0 Å². The molecule has 2 nitrogen and oxygen atoms in total. The Bertz CT molecular complexity index is 373. The number of pyridine rings is 1. The number of halogens is 4. The SMILES string of the molecule is N#Cc1ncc(C(F)F)c(Br)c1F. The largest absolute Gasteiger partial charge is 0.266 e. The van der Waals surface area contributed by atoms with Crippen molar-refractivity contribution >= 4 is 15.9 Å². The van der Waals surface area contributed by atoms with E-state index in [1.54, 1.807) is 0 Å². The van der Waals surface area contributed by atoms with E-state index in [1.165, 1.54) is 6.07 Å². The summed E-state index contributed by atoms with van der Waals surface area (Å²) < 4.78 is 36.8. The quantitative estimate of drug-likeness (QED) is 0.769. The predicted molar refractivity (Wildman–Crippen MR) is 41.6 cm³/mol. The predicted octanol–water partition coefficient (Wildman–Crippen LogP) is 2.79. The van der Waals surface area contributed by atoms with Crippen LogP contribution in [0.25, 0.3) is 0 Å². The summed E-state index contributed by atoms with van der Waals surface area (Å²) >= 11 is 2.63. The Morgan fingerprint density at radius 1 is 1.54 bits per heavy atom. The molecule has 6 heteroatoms. The molecule has 0 radical (unpaired) electrons. The van der Waals surface area contributed by atoms with E-state index in [0.717, 1.165) is 6.20 Å². The first-order valence-corrected chi connectivity index (χ1v) is 3.89. The van der Waals surface area contributed by atoms with Crippen LogP contribution < -0.4 is 0 Å². The lowest BCUT2D eigenvalue weighted by molar-refractivity contribution is 0.149. The van der Waals surface area contributed by atoms with Crippen molar-refractivity contribution < 1.29 is 13.2 Å². The van der Waals surface area contributed by atoms with Crippen LogP contribution in [0.2, 0.25) is 0 Å². The second kappa shape index (κ2) is 3.75. The average Bonchev–Trinajstić information content (AvgIpc) is 2.09. The standard InChI is InChI=1S/C7H2BrF3N2/c8-5-3(7(10)11)2-13-4(1-12)6(5)9/h2,7H. The van der Waals surface area contributed by atoms with E-state index < -0.39 is 28.0 Å². The van der Waals surface area contributed by atoms with Crippen LogP contribution in [0.15, 0.2) is 10.7 Å². The highest BCUT2D eigenvalue weighted by molar-refractivity contribution is 9.10. The van der Waals surface area contributed by atoms with E-state index in [1.807, 2.05) is 0 Å². The summed E-state index contributed by atoms with van der Waals surface area (Å²) in [5, 5.41) is 8.31. The fourth-order valence-corrected chi connectivity index (χ4v) is 1.17. The zero-order valence-corrected chi connectivity index (χ0v) is 7.65. The maximum absolute atomic E-state index is 13.0. The highest BCUT2D eigenvalue weighted by Gasteiger charge is 2.18. The highest BCUT2D eigenvalue weighted by Crippen LogP contribution is 2.29. The average molecular weight is 251 g/mol. The molecule has 0 aliphatic rings. The fraction of sp³-hybridized carbons (Fsp3) is 0.143. The zero-order chi connectivity index (χ0) is 10.0. The Morgan fingerprint density at radius 3 is 2.62 bits per heavy atom. The molecule has 1 heterocycles. The molecule has 1 rings (SSSR count). The van der Waals surface area contributed by atoms with Gasteiger partial charge in [0.25, 0.3) is 6.43 Å². The molecule has 1 aromatic rings. The maximum Gasteiger partial charge on any atom is 0.266 e. The number of hydrogen-bond donors (Lipinski definition) is 0. The molecule has 13 heavy (non-hydrogen) atoms. The van der Waals surface area contributed by atoms with E-state index in [9.17, 15) is 13.2 Å². The number of rotatable bonds is 1. The maximum atomic E-state index is 13.0. The van der Waals surface area contributed by atoms with Crippen LogP contribution >= 0.6 is 15.9 Å². The number of alkyl halides is 2. The Labute approximate surface area is 80.1 Å². The third-order valence-electron chi connectivity index (χ3n) is 1.33. The zero-order valence-electron chi connectivity index (χ0n) is 6.06. The molecule has 0 saturated heterocycles. The second-order valence-electron chi connectivity index (χ2n) is 2.10. The van der Waals surface area contributed by atoms with Crippen LogP contribution in [-0.4, -0.2) is 4.98 Å². The topological polar surface area (TPSA) is 36.7 Å². The number of aromatic nitrogens is 1. The van der Waals surface area contributed by atoms with E-state index in [0.29, 0.717) is 0 Å². The third kappa shape index (κ3) is 1.80. The molecule has 0 aliphatic carbocycles. The lowest BCUT2D eigenvalue weighted by Gasteiger charge is -2.03. The van der Waals surface area contributed by atoms with Crippen LogP contribution in [-0.2, 0) is 0 Å². The van der Waals surface area contributed by atoms with Gasteiger partial charge in [-0.05, 0) is 15.9 Å². The number of nitrogens with zero attached hydrogens (tertiary/aromatic N) is 2. The summed E-state index contributed by atoms with van der Waals surface area (Å²) in [6.07, 6.45) is -2.04. The summed E-state index contributed by atoms with van der Waals surface area (Å²) in [6, 6.07) is 1.44. The molecule has 0 spiro atoms. The smallest absolute Gasteiger partial charge is 0.242 e. The normalized spacial score (nSPS) is 10.2. The van der Waals surface area contributed by atoms with Crippen LogP contribution in [0.5, 0.6) is 0 Å². The van der Waals surface area contributed by atoms with Gasteiger partial charge in [0.1, 0.15) is 6.07 Å². The molecule has 0 bridgehead atoms. The lowest BCUT2D eigenvalue weighted by atomic mass is 10.2. The van der Waals surface area contributed by atoms with Crippen LogP contribution in [0.3, 0.4) is 0 Å². The summed E-state index contributed by atoms with van der Waals surface area (Å²) in [7, 11) is 0. The summed E-state index contributed by atoms with van der Waals surface area (Å²) in [6.45, 7) is 0. The summed E-state index contributed by atoms with van der Waals surface area (Å²) in [5.41, 5.74) is -1.06. The highest BCUT2D eigenvalue weighted by atomic mass is 79.9. The molecule has 68 valence electrons. The minimum absolute atomic E-state index is 0.408. The van der Waals surface area contributed by atoms with Gasteiger partial charge in [-0.15, -0.1) is 0 Å². The number of hydrogen-bond acceptors (Lipinski definition) is 2. The molecule has 0 atom stereocenters. The van der Waals surface area contributed by atoms with Crippen molar-refractivity contribution in [3.05, 3.63) is 27.7 Å². The van der Waals surface area contributed by atoms with Crippen molar-refractivity contribution in [1.82, 2.24) is 4.98 Å². The Balaban J connectivity index is 3.33. The summed E-state index contributed by atoms with van der Waals surface area (Å²) in [4.78, 5) is 3.23. The van der Waals surface area contributed by atoms with Crippen LogP contribution in [0.1, 0.15) is 17.7 Å². The van der Waals surface area contributed by atoms with E-state index in [2.05, 4.69) is 20.9 Å². The van der Waals surface area contributed by atoms with Crippen molar-refractivity contribution in [2.75, 3.05) is 0 Å². The first kappa shape index (κ1) is 9.99. The fourth-order valence-electron chi connectivity index (χ4n) is 0.708. The third-order valence-corrected chi connectivity index (χ3v) is 2.13. The monoisotopic (exact) mass is 250 g/mol. The molecule has 1 aromatic heterocycles. The first-order chi connectivity index (χ1) is 6.07. The van der Waals surface area contributed by atoms with Crippen LogP contribution in [0.4, 0.5) is 13.2 Å². The van der Waals surface area contributed by atoms with Gasteiger partial charge in [0.15, 0.2) is 11.5 Å². The van der Waals surface area contributed by atoms with Crippen molar-refractivity contribution in [2.45, 2.75) is 6.43 Å². The minimum atomic E-state index is -2.82. The van der Waals surface area contributed by atoms with Gasteiger partial charge in [-0.25, -0.2) is 18.2 Å². The molecule has 0 amide bonds. The molecular weight excluding hydrogens is 249 g/mol. The minimum Gasteiger partial charge on any atom is -0.242 e. The van der Waals surface area contributed by atoms with Gasteiger partial charge in [-0.3, -0.25) is 0 Å². The van der Waals surface area contributed by atoms with Gasteiger partial charge in [-0.2, -0.15) is 5.26 Å². The summed E-state index contributed by atoms with van der Waals surface area (Å²) in [5.74, 6) is -1.06. The lowest BCUT2D eigenvalue weighted by Crippen LogP contribution is -1.96. The van der Waals surface area contributed by atoms with Gasteiger partial charge in [-0.1, -0.05) is 0 Å². The molecular formula is C7H2BrF3N2. The Morgan fingerprint density at radius 2 is 2.15 bits per heavy atom. The van der Waals surface area contributed by atoms with Gasteiger partial charge in [0, 0.05) is 6.20 Å². The van der Waals surface area contributed by atoms with Gasteiger partial charge < -0.3 is 0 Å². The molecule has 0 saturated carbocycles. The molecule has 0 aromatic carbocycles. The Hall–Kier alpha value is -1.09. The van der Waals surface area contributed by atoms with Crippen molar-refractivity contribution in [1.29, 1.82) is 5.26 Å². The van der Waals surface area contributed by atoms with Gasteiger partial charge in [0.05, 0.1) is 10.0 Å². The molecule has 0 N–H and O–H groups in total.